The standard InChI is InChI=1S/C21H28N4O2/c1-24-10-12-25(13-11-24)17-18-5-2-7-20(15-18)27-14-4-9-23-21(26)19-6-3-8-22-16-19/h2-3,5-8,15-16H,4,9-14,17H2,1H3,(H,23,26). The topological polar surface area (TPSA) is 57.7 Å². The lowest BCUT2D eigenvalue weighted by Gasteiger charge is -2.32. The zero-order chi connectivity index (χ0) is 18.9. The van der Waals surface area contributed by atoms with Crippen molar-refractivity contribution < 1.29 is 9.53 Å². The van der Waals surface area contributed by atoms with Crippen molar-refractivity contribution in [1.29, 1.82) is 0 Å². The van der Waals surface area contributed by atoms with Gasteiger partial charge in [0.25, 0.3) is 5.91 Å². The van der Waals surface area contributed by atoms with E-state index in [4.69, 9.17) is 4.74 Å². The third-order valence-electron chi connectivity index (χ3n) is 4.70. The van der Waals surface area contributed by atoms with Crippen LogP contribution < -0.4 is 10.1 Å². The minimum atomic E-state index is -0.0997. The van der Waals surface area contributed by atoms with Gasteiger partial charge in [0.15, 0.2) is 0 Å². The first-order valence-electron chi connectivity index (χ1n) is 9.51. The normalized spacial score (nSPS) is 15.4. The number of pyridine rings is 1. The van der Waals surface area contributed by atoms with E-state index in [-0.39, 0.29) is 5.91 Å². The Morgan fingerprint density at radius 3 is 2.81 bits per heavy atom. The smallest absolute Gasteiger partial charge is 0.252 e. The first-order chi connectivity index (χ1) is 13.2. The van der Waals surface area contributed by atoms with Crippen molar-refractivity contribution in [3.05, 3.63) is 59.9 Å². The molecule has 144 valence electrons. The maximum atomic E-state index is 11.9. The van der Waals surface area contributed by atoms with Crippen molar-refractivity contribution >= 4 is 5.91 Å². The van der Waals surface area contributed by atoms with Crippen molar-refractivity contribution in [1.82, 2.24) is 20.1 Å². The molecule has 2 heterocycles. The Hall–Kier alpha value is -2.44. The molecule has 27 heavy (non-hydrogen) atoms. The molecule has 0 bridgehead atoms. The number of carbonyl (C=O) groups excluding carboxylic acids is 1. The van der Waals surface area contributed by atoms with Crippen LogP contribution >= 0.6 is 0 Å². The van der Waals surface area contributed by atoms with Gasteiger partial charge in [-0.15, -0.1) is 0 Å². The maximum Gasteiger partial charge on any atom is 0.252 e. The molecule has 1 aliphatic heterocycles. The summed E-state index contributed by atoms with van der Waals surface area (Å²) in [4.78, 5) is 20.7. The monoisotopic (exact) mass is 368 g/mol. The number of ether oxygens (including phenoxy) is 1. The molecular weight excluding hydrogens is 340 g/mol. The molecule has 0 saturated carbocycles. The molecule has 1 saturated heterocycles. The third-order valence-corrected chi connectivity index (χ3v) is 4.70. The lowest BCUT2D eigenvalue weighted by Crippen LogP contribution is -2.43. The van der Waals surface area contributed by atoms with Gasteiger partial charge in [-0.2, -0.15) is 0 Å². The fourth-order valence-electron chi connectivity index (χ4n) is 3.06. The number of nitrogens with one attached hydrogen (secondary N) is 1. The van der Waals surface area contributed by atoms with E-state index in [1.54, 1.807) is 24.5 Å². The second-order valence-electron chi connectivity index (χ2n) is 6.93. The largest absolute Gasteiger partial charge is 0.494 e. The van der Waals surface area contributed by atoms with E-state index in [2.05, 4.69) is 39.3 Å². The van der Waals surface area contributed by atoms with Gasteiger partial charge in [0.2, 0.25) is 0 Å². The second-order valence-corrected chi connectivity index (χ2v) is 6.93. The molecule has 1 aromatic heterocycles. The summed E-state index contributed by atoms with van der Waals surface area (Å²) in [5.41, 5.74) is 1.86. The highest BCUT2D eigenvalue weighted by molar-refractivity contribution is 5.93. The predicted molar refractivity (Wildman–Crippen MR) is 106 cm³/mol. The van der Waals surface area contributed by atoms with Gasteiger partial charge in [0, 0.05) is 51.7 Å². The van der Waals surface area contributed by atoms with Gasteiger partial charge in [-0.3, -0.25) is 14.7 Å². The van der Waals surface area contributed by atoms with E-state index >= 15 is 0 Å². The van der Waals surface area contributed by atoms with E-state index in [1.807, 2.05) is 12.1 Å². The Labute approximate surface area is 161 Å². The first-order valence-corrected chi connectivity index (χ1v) is 9.51. The van der Waals surface area contributed by atoms with Crippen molar-refractivity contribution in [3.8, 4) is 5.75 Å². The number of piperazine rings is 1. The third kappa shape index (κ3) is 6.34. The van der Waals surface area contributed by atoms with Crippen LogP contribution in [0, 0.1) is 0 Å². The van der Waals surface area contributed by atoms with Crippen LogP contribution in [0.25, 0.3) is 0 Å². The van der Waals surface area contributed by atoms with Crippen LogP contribution in [0.2, 0.25) is 0 Å². The average Bonchev–Trinajstić information content (AvgIpc) is 2.70. The number of hydrogen-bond acceptors (Lipinski definition) is 5. The Kier molecular flexibility index (Phi) is 7.19. The summed E-state index contributed by atoms with van der Waals surface area (Å²) in [6.07, 6.45) is 3.98. The lowest BCUT2D eigenvalue weighted by molar-refractivity contribution is 0.0951. The molecule has 1 aliphatic rings. The molecule has 2 aromatic rings. The number of carbonyl (C=O) groups is 1. The molecule has 1 amide bonds. The molecule has 1 aromatic carbocycles. The molecule has 0 unspecified atom stereocenters. The molecule has 6 heteroatoms. The SMILES string of the molecule is CN1CCN(Cc2cccc(OCCCNC(=O)c3cccnc3)c2)CC1. The van der Waals surface area contributed by atoms with Crippen LogP contribution in [-0.4, -0.2) is 67.1 Å². The van der Waals surface area contributed by atoms with Crippen LogP contribution in [0.3, 0.4) is 0 Å². The minimum Gasteiger partial charge on any atom is -0.494 e. The van der Waals surface area contributed by atoms with E-state index in [9.17, 15) is 4.79 Å². The van der Waals surface area contributed by atoms with Crippen LogP contribution in [0.4, 0.5) is 0 Å². The highest BCUT2D eigenvalue weighted by atomic mass is 16.5. The summed E-state index contributed by atoms with van der Waals surface area (Å²) in [6.45, 7) is 6.59. The Morgan fingerprint density at radius 1 is 1.19 bits per heavy atom. The van der Waals surface area contributed by atoms with Gasteiger partial charge >= 0.3 is 0 Å². The van der Waals surface area contributed by atoms with Gasteiger partial charge in [-0.1, -0.05) is 12.1 Å². The Balaban J connectivity index is 1.36. The number of nitrogens with zero attached hydrogens (tertiary/aromatic N) is 3. The van der Waals surface area contributed by atoms with Gasteiger partial charge in [0.1, 0.15) is 5.75 Å². The lowest BCUT2D eigenvalue weighted by atomic mass is 10.2. The summed E-state index contributed by atoms with van der Waals surface area (Å²) in [7, 11) is 2.17. The summed E-state index contributed by atoms with van der Waals surface area (Å²) in [6, 6.07) is 11.8. The average molecular weight is 368 g/mol. The molecule has 0 radical (unpaired) electrons. The van der Waals surface area contributed by atoms with Crippen LogP contribution in [0.15, 0.2) is 48.8 Å². The number of hydrogen-bond donors (Lipinski definition) is 1. The van der Waals surface area contributed by atoms with Gasteiger partial charge in [0.05, 0.1) is 12.2 Å². The highest BCUT2D eigenvalue weighted by Crippen LogP contribution is 2.16. The van der Waals surface area contributed by atoms with Crippen molar-refractivity contribution in [3.63, 3.8) is 0 Å². The molecule has 1 fully saturated rings. The fourth-order valence-corrected chi connectivity index (χ4v) is 3.06. The Morgan fingerprint density at radius 2 is 2.04 bits per heavy atom. The summed E-state index contributed by atoms with van der Waals surface area (Å²) < 4.78 is 5.85. The van der Waals surface area contributed by atoms with E-state index in [0.717, 1.165) is 44.9 Å². The molecule has 1 N–H and O–H groups in total. The predicted octanol–water partition coefficient (Wildman–Crippen LogP) is 2.03. The second kappa shape index (κ2) is 10.0. The number of aromatic nitrogens is 1. The van der Waals surface area contributed by atoms with E-state index in [1.165, 1.54) is 5.56 Å². The number of benzene rings is 1. The van der Waals surface area contributed by atoms with Crippen molar-refractivity contribution in [2.75, 3.05) is 46.4 Å². The van der Waals surface area contributed by atoms with Crippen LogP contribution in [0.1, 0.15) is 22.3 Å². The summed E-state index contributed by atoms with van der Waals surface area (Å²) in [5, 5.41) is 2.88. The molecule has 0 atom stereocenters. The van der Waals surface area contributed by atoms with Crippen molar-refractivity contribution in [2.45, 2.75) is 13.0 Å². The summed E-state index contributed by atoms with van der Waals surface area (Å²) >= 11 is 0. The number of amides is 1. The van der Waals surface area contributed by atoms with Gasteiger partial charge in [-0.05, 0) is 43.3 Å². The number of likely N-dealkylation sites (N-methyl/N-ethyl adjacent to an activating group) is 1. The fraction of sp³-hybridized carbons (Fsp3) is 0.429. The summed E-state index contributed by atoms with van der Waals surface area (Å²) in [5.74, 6) is 0.789. The highest BCUT2D eigenvalue weighted by Gasteiger charge is 2.14. The Bertz CT molecular complexity index is 715. The van der Waals surface area contributed by atoms with E-state index < -0.39 is 0 Å². The quantitative estimate of drug-likeness (QED) is 0.723. The van der Waals surface area contributed by atoms with Crippen LogP contribution in [-0.2, 0) is 6.54 Å². The first kappa shape index (κ1) is 19.3. The molecule has 0 spiro atoms. The molecule has 3 rings (SSSR count). The van der Waals surface area contributed by atoms with Gasteiger partial charge < -0.3 is 15.0 Å². The van der Waals surface area contributed by atoms with E-state index in [0.29, 0.717) is 18.7 Å². The zero-order valence-electron chi connectivity index (χ0n) is 15.9. The van der Waals surface area contributed by atoms with Crippen molar-refractivity contribution in [2.24, 2.45) is 0 Å². The van der Waals surface area contributed by atoms with Gasteiger partial charge in [-0.25, -0.2) is 0 Å². The number of rotatable bonds is 8. The molecule has 6 nitrogen and oxygen atoms in total. The molecule has 0 aliphatic carbocycles. The molecular formula is C21H28N4O2. The zero-order valence-corrected chi connectivity index (χ0v) is 15.9. The van der Waals surface area contributed by atoms with Crippen LogP contribution in [0.5, 0.6) is 5.75 Å². The minimum absolute atomic E-state index is 0.0997. The maximum absolute atomic E-state index is 11.9.